The van der Waals surface area contributed by atoms with Gasteiger partial charge < -0.3 is 19.6 Å². The number of amides is 1. The summed E-state index contributed by atoms with van der Waals surface area (Å²) in [6.45, 7) is 4.12. The van der Waals surface area contributed by atoms with Gasteiger partial charge in [0.15, 0.2) is 0 Å². The molecule has 7 heteroatoms. The number of fused-ring (bicyclic) bond motifs is 1. The van der Waals surface area contributed by atoms with Gasteiger partial charge in [0.2, 0.25) is 0 Å². The predicted molar refractivity (Wildman–Crippen MR) is 98.7 cm³/mol. The topological polar surface area (TPSA) is 84.6 Å². The first-order valence-electron chi connectivity index (χ1n) is 8.50. The lowest BCUT2D eigenvalue weighted by Crippen LogP contribution is -2.39. The van der Waals surface area contributed by atoms with Gasteiger partial charge in [-0.25, -0.2) is 4.98 Å². The molecule has 2 N–H and O–H groups in total. The molecule has 136 valence electrons. The molecule has 1 aromatic carbocycles. The standard InChI is InChI=1S/C19H20N2O4S/c1-11-17(18(23)21-19(10-22)5-6-19)15-7-13(3-4-16(15)25-11)24-9-14-8-20-12(2)26-14/h3-4,7-8,22H,5-6,9-10H2,1-2H3,(H,21,23). The molecule has 1 aliphatic rings. The maximum Gasteiger partial charge on any atom is 0.255 e. The Morgan fingerprint density at radius 1 is 1.42 bits per heavy atom. The van der Waals surface area contributed by atoms with Gasteiger partial charge in [0, 0.05) is 11.6 Å². The molecule has 6 nitrogen and oxygen atoms in total. The summed E-state index contributed by atoms with van der Waals surface area (Å²) >= 11 is 1.60. The lowest BCUT2D eigenvalue weighted by molar-refractivity contribution is 0.0906. The molecular formula is C19H20N2O4S. The van der Waals surface area contributed by atoms with Gasteiger partial charge >= 0.3 is 0 Å². The molecule has 0 radical (unpaired) electrons. The van der Waals surface area contributed by atoms with Crippen LogP contribution in [0, 0.1) is 13.8 Å². The normalized spacial score (nSPS) is 15.2. The van der Waals surface area contributed by atoms with E-state index in [1.807, 2.05) is 31.3 Å². The van der Waals surface area contributed by atoms with Crippen LogP contribution < -0.4 is 10.1 Å². The van der Waals surface area contributed by atoms with Crippen LogP contribution in [-0.2, 0) is 6.61 Å². The number of carbonyl (C=O) groups excluding carboxylic acids is 1. The molecule has 2 aromatic heterocycles. The molecule has 2 heterocycles. The highest BCUT2D eigenvalue weighted by atomic mass is 32.1. The summed E-state index contributed by atoms with van der Waals surface area (Å²) in [5.74, 6) is 1.01. The van der Waals surface area contributed by atoms with Crippen molar-refractivity contribution in [1.82, 2.24) is 10.3 Å². The van der Waals surface area contributed by atoms with Gasteiger partial charge in [-0.05, 0) is 44.9 Å². The Balaban J connectivity index is 1.59. The second-order valence-corrected chi connectivity index (χ2v) is 8.04. The van der Waals surface area contributed by atoms with Gasteiger partial charge in [0.1, 0.15) is 23.7 Å². The zero-order chi connectivity index (χ0) is 18.3. The van der Waals surface area contributed by atoms with E-state index in [9.17, 15) is 9.90 Å². The van der Waals surface area contributed by atoms with Crippen molar-refractivity contribution in [3.63, 3.8) is 0 Å². The lowest BCUT2D eigenvalue weighted by atomic mass is 10.1. The quantitative estimate of drug-likeness (QED) is 0.693. The molecule has 1 fully saturated rings. The molecule has 1 saturated carbocycles. The number of hydrogen-bond acceptors (Lipinski definition) is 6. The number of thiazole rings is 1. The SMILES string of the molecule is Cc1ncc(COc2ccc3oc(C)c(C(=O)NC4(CO)CC4)c3c2)s1. The summed E-state index contributed by atoms with van der Waals surface area (Å²) in [5.41, 5.74) is 0.673. The molecule has 0 spiro atoms. The molecular weight excluding hydrogens is 352 g/mol. The average Bonchev–Trinajstić information content (AvgIpc) is 3.13. The van der Waals surface area contributed by atoms with E-state index < -0.39 is 5.54 Å². The first kappa shape index (κ1) is 17.1. The van der Waals surface area contributed by atoms with Crippen LogP contribution in [0.25, 0.3) is 11.0 Å². The molecule has 0 saturated heterocycles. The monoisotopic (exact) mass is 372 g/mol. The first-order valence-corrected chi connectivity index (χ1v) is 9.32. The smallest absolute Gasteiger partial charge is 0.255 e. The van der Waals surface area contributed by atoms with Gasteiger partial charge in [0.05, 0.1) is 27.6 Å². The number of benzene rings is 1. The predicted octanol–water partition coefficient (Wildman–Crippen LogP) is 3.34. The molecule has 4 rings (SSSR count). The van der Waals surface area contributed by atoms with E-state index in [2.05, 4.69) is 10.3 Å². The Morgan fingerprint density at radius 3 is 2.88 bits per heavy atom. The molecule has 3 aromatic rings. The minimum atomic E-state index is -0.467. The van der Waals surface area contributed by atoms with E-state index in [0.717, 1.165) is 22.7 Å². The molecule has 0 aliphatic heterocycles. The Kier molecular flexibility index (Phi) is 4.20. The largest absolute Gasteiger partial charge is 0.488 e. The number of nitrogens with zero attached hydrogens (tertiary/aromatic N) is 1. The maximum atomic E-state index is 12.7. The highest BCUT2D eigenvalue weighted by Crippen LogP contribution is 2.36. The second-order valence-electron chi connectivity index (χ2n) is 6.72. The number of aryl methyl sites for hydroxylation is 2. The van der Waals surface area contributed by atoms with Gasteiger partial charge in [-0.2, -0.15) is 0 Å². The van der Waals surface area contributed by atoms with Crippen molar-refractivity contribution >= 4 is 28.2 Å². The van der Waals surface area contributed by atoms with E-state index in [0.29, 0.717) is 34.6 Å². The van der Waals surface area contributed by atoms with Gasteiger partial charge in [-0.1, -0.05) is 0 Å². The first-order chi connectivity index (χ1) is 12.5. The third-order valence-electron chi connectivity index (χ3n) is 4.65. The Hall–Kier alpha value is -2.38. The number of ether oxygens (including phenoxy) is 1. The number of nitrogens with one attached hydrogen (secondary N) is 1. The van der Waals surface area contributed by atoms with Crippen LogP contribution in [0.3, 0.4) is 0 Å². The average molecular weight is 372 g/mol. The zero-order valence-electron chi connectivity index (χ0n) is 14.7. The molecule has 0 bridgehead atoms. The van der Waals surface area contributed by atoms with E-state index in [1.165, 1.54) is 0 Å². The van der Waals surface area contributed by atoms with E-state index >= 15 is 0 Å². The summed E-state index contributed by atoms with van der Waals surface area (Å²) in [6.07, 6.45) is 3.41. The van der Waals surface area contributed by atoms with Crippen molar-refractivity contribution < 1.29 is 19.1 Å². The van der Waals surface area contributed by atoms with Crippen LogP contribution in [0.4, 0.5) is 0 Å². The number of hydrogen-bond donors (Lipinski definition) is 2. The van der Waals surface area contributed by atoms with Crippen molar-refractivity contribution in [3.05, 3.63) is 45.6 Å². The Bertz CT molecular complexity index is 971. The number of furan rings is 1. The second kappa shape index (κ2) is 6.41. The fourth-order valence-corrected chi connectivity index (χ4v) is 3.68. The van der Waals surface area contributed by atoms with Crippen LogP contribution in [0.15, 0.2) is 28.8 Å². The summed E-state index contributed by atoms with van der Waals surface area (Å²) in [5, 5.41) is 14.1. The number of aromatic nitrogens is 1. The summed E-state index contributed by atoms with van der Waals surface area (Å²) < 4.78 is 11.6. The molecule has 26 heavy (non-hydrogen) atoms. The van der Waals surface area contributed by atoms with Gasteiger partial charge in [-0.15, -0.1) is 11.3 Å². The van der Waals surface area contributed by atoms with Gasteiger partial charge in [0.25, 0.3) is 5.91 Å². The van der Waals surface area contributed by atoms with E-state index in [-0.39, 0.29) is 12.5 Å². The third kappa shape index (κ3) is 3.20. The van der Waals surface area contributed by atoms with Crippen LogP contribution in [-0.4, -0.2) is 28.1 Å². The molecule has 1 aliphatic carbocycles. The number of aliphatic hydroxyl groups is 1. The highest BCUT2D eigenvalue weighted by molar-refractivity contribution is 7.11. The van der Waals surface area contributed by atoms with Crippen molar-refractivity contribution in [1.29, 1.82) is 0 Å². The van der Waals surface area contributed by atoms with Crippen molar-refractivity contribution in [2.75, 3.05) is 6.61 Å². The fraction of sp³-hybridized carbons (Fsp3) is 0.368. The van der Waals surface area contributed by atoms with Crippen molar-refractivity contribution in [2.24, 2.45) is 0 Å². The van der Waals surface area contributed by atoms with Crippen LogP contribution >= 0.6 is 11.3 Å². The minimum absolute atomic E-state index is 0.0454. The van der Waals surface area contributed by atoms with Crippen molar-refractivity contribution in [2.45, 2.75) is 38.8 Å². The van der Waals surface area contributed by atoms with Crippen LogP contribution in [0.2, 0.25) is 0 Å². The van der Waals surface area contributed by atoms with Crippen molar-refractivity contribution in [3.8, 4) is 5.75 Å². The van der Waals surface area contributed by atoms with E-state index in [4.69, 9.17) is 9.15 Å². The Labute approximate surface area is 154 Å². The van der Waals surface area contributed by atoms with E-state index in [1.54, 1.807) is 18.3 Å². The fourth-order valence-electron chi connectivity index (χ4n) is 2.97. The number of rotatable bonds is 6. The molecule has 0 unspecified atom stereocenters. The van der Waals surface area contributed by atoms with Crippen LogP contribution in [0.5, 0.6) is 5.75 Å². The minimum Gasteiger partial charge on any atom is -0.488 e. The molecule has 0 atom stereocenters. The summed E-state index contributed by atoms with van der Waals surface area (Å²) in [7, 11) is 0. The Morgan fingerprint density at radius 2 is 2.23 bits per heavy atom. The number of carbonyl (C=O) groups is 1. The van der Waals surface area contributed by atoms with Crippen LogP contribution in [0.1, 0.15) is 38.8 Å². The summed E-state index contributed by atoms with van der Waals surface area (Å²) in [4.78, 5) is 18.0. The number of aliphatic hydroxyl groups excluding tert-OH is 1. The lowest BCUT2D eigenvalue weighted by Gasteiger charge is -2.14. The van der Waals surface area contributed by atoms with Gasteiger partial charge in [-0.3, -0.25) is 4.79 Å². The summed E-state index contributed by atoms with van der Waals surface area (Å²) in [6, 6.07) is 5.47. The molecule has 1 amide bonds. The third-order valence-corrected chi connectivity index (χ3v) is 5.53. The highest BCUT2D eigenvalue weighted by Gasteiger charge is 2.44. The zero-order valence-corrected chi connectivity index (χ0v) is 15.5. The maximum absolute atomic E-state index is 12.7.